The number of amides is 2. The third-order valence-corrected chi connectivity index (χ3v) is 5.24. The van der Waals surface area contributed by atoms with E-state index < -0.39 is 6.04 Å². The summed E-state index contributed by atoms with van der Waals surface area (Å²) < 4.78 is 5.95. The highest BCUT2D eigenvalue weighted by Gasteiger charge is 2.27. The number of aryl methyl sites for hydroxylation is 1. The van der Waals surface area contributed by atoms with Gasteiger partial charge in [-0.15, -0.1) is 0 Å². The second kappa shape index (κ2) is 11.0. The lowest BCUT2D eigenvalue weighted by Crippen LogP contribution is -2.49. The van der Waals surface area contributed by atoms with Gasteiger partial charge in [0.25, 0.3) is 5.91 Å². The number of benzene rings is 2. The van der Waals surface area contributed by atoms with Crippen molar-refractivity contribution in [3.63, 3.8) is 0 Å². The molecule has 0 heterocycles. The van der Waals surface area contributed by atoms with Crippen LogP contribution in [0.1, 0.15) is 57.7 Å². The SMILES string of the molecule is CCCNC(=O)[C@H](C)N(Cc1ccc(C)cc1)C(=O)COc1ccccc1C(C)(C)C. The molecule has 0 unspecified atom stereocenters. The first-order valence-electron chi connectivity index (χ1n) is 11.0. The van der Waals surface area contributed by atoms with Gasteiger partial charge in [-0.2, -0.15) is 0 Å². The predicted octanol–water partition coefficient (Wildman–Crippen LogP) is 4.61. The largest absolute Gasteiger partial charge is 0.483 e. The van der Waals surface area contributed by atoms with Gasteiger partial charge in [0.05, 0.1) is 0 Å². The summed E-state index contributed by atoms with van der Waals surface area (Å²) in [4.78, 5) is 27.4. The first-order chi connectivity index (χ1) is 14.6. The van der Waals surface area contributed by atoms with Gasteiger partial charge < -0.3 is 15.0 Å². The Bertz CT molecular complexity index is 869. The summed E-state index contributed by atoms with van der Waals surface area (Å²) in [6.45, 7) is 12.9. The third-order valence-electron chi connectivity index (χ3n) is 5.24. The summed E-state index contributed by atoms with van der Waals surface area (Å²) in [5.74, 6) is 0.322. The Hall–Kier alpha value is -2.82. The average Bonchev–Trinajstić information content (AvgIpc) is 2.74. The molecule has 0 saturated carbocycles. The van der Waals surface area contributed by atoms with Crippen molar-refractivity contribution in [3.8, 4) is 5.75 Å². The minimum absolute atomic E-state index is 0.103. The van der Waals surface area contributed by atoms with E-state index in [1.54, 1.807) is 11.8 Å². The monoisotopic (exact) mass is 424 g/mol. The first-order valence-corrected chi connectivity index (χ1v) is 11.0. The maximum Gasteiger partial charge on any atom is 0.261 e. The van der Waals surface area contributed by atoms with Gasteiger partial charge in [0.1, 0.15) is 11.8 Å². The van der Waals surface area contributed by atoms with E-state index in [9.17, 15) is 9.59 Å². The van der Waals surface area contributed by atoms with E-state index in [2.05, 4.69) is 26.1 Å². The van der Waals surface area contributed by atoms with Gasteiger partial charge in [-0.3, -0.25) is 9.59 Å². The lowest BCUT2D eigenvalue weighted by Gasteiger charge is -2.29. The number of carbonyl (C=O) groups is 2. The zero-order chi connectivity index (χ0) is 23.0. The fraction of sp³-hybridized carbons (Fsp3) is 0.462. The zero-order valence-electron chi connectivity index (χ0n) is 19.7. The van der Waals surface area contributed by atoms with Crippen molar-refractivity contribution in [1.29, 1.82) is 0 Å². The summed E-state index contributed by atoms with van der Waals surface area (Å²) in [7, 11) is 0. The molecular formula is C26H36N2O3. The normalized spacial score (nSPS) is 12.2. The van der Waals surface area contributed by atoms with Gasteiger partial charge in [-0.25, -0.2) is 0 Å². The standard InChI is InChI=1S/C26H36N2O3/c1-7-16-27-25(30)20(3)28(17-21-14-12-19(2)13-15-21)24(29)18-31-23-11-9-8-10-22(23)26(4,5)6/h8-15,20H,7,16-18H2,1-6H3,(H,27,30)/t20-/m0/s1. The molecule has 0 aliphatic rings. The second-order valence-electron chi connectivity index (χ2n) is 9.01. The molecule has 5 heteroatoms. The van der Waals surface area contributed by atoms with Crippen LogP contribution in [0.2, 0.25) is 0 Å². The molecule has 0 aromatic heterocycles. The van der Waals surface area contributed by atoms with Gasteiger partial charge in [0.2, 0.25) is 5.91 Å². The zero-order valence-corrected chi connectivity index (χ0v) is 19.7. The molecule has 2 aromatic carbocycles. The average molecular weight is 425 g/mol. The lowest BCUT2D eigenvalue weighted by molar-refractivity contribution is -0.142. The number of nitrogens with one attached hydrogen (secondary N) is 1. The molecule has 0 radical (unpaired) electrons. The number of ether oxygens (including phenoxy) is 1. The molecule has 0 fully saturated rings. The highest BCUT2D eigenvalue weighted by molar-refractivity contribution is 5.88. The quantitative estimate of drug-likeness (QED) is 0.639. The molecule has 5 nitrogen and oxygen atoms in total. The highest BCUT2D eigenvalue weighted by Crippen LogP contribution is 2.31. The van der Waals surface area contributed by atoms with Crippen molar-refractivity contribution in [1.82, 2.24) is 10.2 Å². The third kappa shape index (κ3) is 7.12. The Morgan fingerprint density at radius 3 is 2.32 bits per heavy atom. The van der Waals surface area contributed by atoms with E-state index in [1.807, 2.05) is 62.4 Å². The number of hydrogen-bond acceptors (Lipinski definition) is 3. The van der Waals surface area contributed by atoms with E-state index in [-0.39, 0.29) is 23.8 Å². The van der Waals surface area contributed by atoms with Gasteiger partial charge in [0.15, 0.2) is 6.61 Å². The Balaban J connectivity index is 2.19. The van der Waals surface area contributed by atoms with Crippen LogP contribution in [0, 0.1) is 6.92 Å². The van der Waals surface area contributed by atoms with Gasteiger partial charge in [0, 0.05) is 13.1 Å². The molecule has 1 atom stereocenters. The minimum Gasteiger partial charge on any atom is -0.483 e. The Kier molecular flexibility index (Phi) is 8.66. The van der Waals surface area contributed by atoms with Crippen LogP contribution in [-0.4, -0.2) is 35.9 Å². The van der Waals surface area contributed by atoms with E-state index in [1.165, 1.54) is 0 Å². The molecule has 2 aromatic rings. The van der Waals surface area contributed by atoms with Crippen molar-refractivity contribution in [3.05, 3.63) is 65.2 Å². The molecule has 0 aliphatic heterocycles. The van der Waals surface area contributed by atoms with Gasteiger partial charge >= 0.3 is 0 Å². The molecule has 0 aliphatic carbocycles. The van der Waals surface area contributed by atoms with E-state index >= 15 is 0 Å². The number of carbonyl (C=O) groups excluding carboxylic acids is 2. The van der Waals surface area contributed by atoms with Crippen LogP contribution >= 0.6 is 0 Å². The number of nitrogens with zero attached hydrogens (tertiary/aromatic N) is 1. The van der Waals surface area contributed by atoms with Crippen LogP contribution < -0.4 is 10.1 Å². The number of rotatable bonds is 9. The van der Waals surface area contributed by atoms with Crippen molar-refractivity contribution < 1.29 is 14.3 Å². The highest BCUT2D eigenvalue weighted by atomic mass is 16.5. The van der Waals surface area contributed by atoms with E-state index in [0.717, 1.165) is 23.1 Å². The fourth-order valence-electron chi connectivity index (χ4n) is 3.30. The molecule has 0 spiro atoms. The van der Waals surface area contributed by atoms with Crippen LogP contribution in [0.15, 0.2) is 48.5 Å². The molecule has 0 saturated heterocycles. The topological polar surface area (TPSA) is 58.6 Å². The van der Waals surface area contributed by atoms with Gasteiger partial charge in [-0.05, 0) is 42.9 Å². The van der Waals surface area contributed by atoms with Crippen LogP contribution in [0.3, 0.4) is 0 Å². The van der Waals surface area contributed by atoms with Crippen molar-refractivity contribution in [2.45, 2.75) is 66.0 Å². The molecule has 2 amide bonds. The first kappa shape index (κ1) is 24.4. The summed E-state index contributed by atoms with van der Waals surface area (Å²) in [6.07, 6.45) is 0.844. The Morgan fingerprint density at radius 2 is 1.71 bits per heavy atom. The summed E-state index contributed by atoms with van der Waals surface area (Å²) in [5.41, 5.74) is 3.07. The van der Waals surface area contributed by atoms with Gasteiger partial charge in [-0.1, -0.05) is 75.7 Å². The number of para-hydroxylation sites is 1. The Morgan fingerprint density at radius 1 is 1.06 bits per heavy atom. The second-order valence-corrected chi connectivity index (χ2v) is 9.01. The summed E-state index contributed by atoms with van der Waals surface area (Å²) in [5, 5.41) is 2.89. The molecule has 168 valence electrons. The fourth-order valence-corrected chi connectivity index (χ4v) is 3.30. The van der Waals surface area contributed by atoms with Crippen molar-refractivity contribution >= 4 is 11.8 Å². The van der Waals surface area contributed by atoms with Crippen molar-refractivity contribution in [2.75, 3.05) is 13.2 Å². The van der Waals surface area contributed by atoms with Crippen molar-refractivity contribution in [2.24, 2.45) is 0 Å². The molecular weight excluding hydrogens is 388 g/mol. The maximum absolute atomic E-state index is 13.2. The van der Waals surface area contributed by atoms with E-state index in [4.69, 9.17) is 4.74 Å². The van der Waals surface area contributed by atoms with Crippen LogP contribution in [0.4, 0.5) is 0 Å². The van der Waals surface area contributed by atoms with Crippen LogP contribution in [0.25, 0.3) is 0 Å². The lowest BCUT2D eigenvalue weighted by atomic mass is 9.86. The van der Waals surface area contributed by atoms with Crippen LogP contribution in [-0.2, 0) is 21.5 Å². The Labute approximate surface area is 186 Å². The predicted molar refractivity (Wildman–Crippen MR) is 125 cm³/mol. The van der Waals surface area contributed by atoms with E-state index in [0.29, 0.717) is 18.8 Å². The number of hydrogen-bond donors (Lipinski definition) is 1. The summed E-state index contributed by atoms with van der Waals surface area (Å²) >= 11 is 0. The minimum atomic E-state index is -0.596. The van der Waals surface area contributed by atoms with Crippen LogP contribution in [0.5, 0.6) is 5.75 Å². The molecule has 2 rings (SSSR count). The summed E-state index contributed by atoms with van der Waals surface area (Å²) in [6, 6.07) is 15.2. The maximum atomic E-state index is 13.2. The molecule has 31 heavy (non-hydrogen) atoms. The molecule has 0 bridgehead atoms. The smallest absolute Gasteiger partial charge is 0.261 e. The molecule has 1 N–H and O–H groups in total.